The van der Waals surface area contributed by atoms with E-state index in [-0.39, 0.29) is 6.10 Å². The predicted octanol–water partition coefficient (Wildman–Crippen LogP) is 2.89. The number of aliphatic hydroxyl groups is 1. The van der Waals surface area contributed by atoms with Gasteiger partial charge >= 0.3 is 0 Å². The van der Waals surface area contributed by atoms with Gasteiger partial charge in [0.05, 0.1) is 25.4 Å². The van der Waals surface area contributed by atoms with Crippen molar-refractivity contribution in [3.05, 3.63) is 35.9 Å². The molecule has 1 saturated heterocycles. The highest BCUT2D eigenvalue weighted by Crippen LogP contribution is 2.33. The molecule has 4 rings (SSSR count). The van der Waals surface area contributed by atoms with Crippen molar-refractivity contribution in [3.63, 3.8) is 0 Å². The molecule has 26 heavy (non-hydrogen) atoms. The fourth-order valence-electron chi connectivity index (χ4n) is 4.13. The quantitative estimate of drug-likeness (QED) is 0.892. The van der Waals surface area contributed by atoms with Gasteiger partial charge in [-0.3, -0.25) is 4.90 Å². The Labute approximate surface area is 154 Å². The summed E-state index contributed by atoms with van der Waals surface area (Å²) in [4.78, 5) is 7.22. The van der Waals surface area contributed by atoms with Crippen molar-refractivity contribution in [3.8, 4) is 11.4 Å². The van der Waals surface area contributed by atoms with E-state index in [2.05, 4.69) is 4.90 Å². The lowest BCUT2D eigenvalue weighted by atomic mass is 10.1. The maximum atomic E-state index is 9.98. The van der Waals surface area contributed by atoms with Crippen LogP contribution < -0.4 is 4.74 Å². The van der Waals surface area contributed by atoms with Gasteiger partial charge in [0.2, 0.25) is 0 Å². The summed E-state index contributed by atoms with van der Waals surface area (Å²) < 4.78 is 7.25. The first kappa shape index (κ1) is 17.5. The van der Waals surface area contributed by atoms with Crippen molar-refractivity contribution < 1.29 is 9.84 Å². The maximum Gasteiger partial charge on any atom is 0.154 e. The van der Waals surface area contributed by atoms with Crippen LogP contribution >= 0.6 is 0 Å². The number of methoxy groups -OCH3 is 1. The Bertz CT molecular complexity index is 722. The van der Waals surface area contributed by atoms with Crippen LogP contribution in [0.5, 0.6) is 5.75 Å². The summed E-state index contributed by atoms with van der Waals surface area (Å²) in [5.41, 5.74) is 1.01. The SMILES string of the molecule is COc1ccc(-n2nc(C3CCCC3)nc2CN2CCC[C@@H](O)C2)cc1. The summed E-state index contributed by atoms with van der Waals surface area (Å²) in [6.45, 7) is 2.45. The van der Waals surface area contributed by atoms with E-state index in [0.29, 0.717) is 12.5 Å². The molecule has 1 aliphatic carbocycles. The highest BCUT2D eigenvalue weighted by molar-refractivity contribution is 5.37. The molecule has 1 N–H and O–H groups in total. The van der Waals surface area contributed by atoms with Gasteiger partial charge in [0.25, 0.3) is 0 Å². The fourth-order valence-corrected chi connectivity index (χ4v) is 4.13. The molecule has 140 valence electrons. The lowest BCUT2D eigenvalue weighted by Crippen LogP contribution is -2.38. The van der Waals surface area contributed by atoms with E-state index in [0.717, 1.165) is 49.0 Å². The largest absolute Gasteiger partial charge is 0.497 e. The van der Waals surface area contributed by atoms with Gasteiger partial charge in [0.1, 0.15) is 11.6 Å². The smallest absolute Gasteiger partial charge is 0.154 e. The highest BCUT2D eigenvalue weighted by Gasteiger charge is 2.25. The molecule has 1 atom stereocenters. The van der Waals surface area contributed by atoms with E-state index in [9.17, 15) is 5.11 Å². The number of likely N-dealkylation sites (tertiary alicyclic amines) is 1. The van der Waals surface area contributed by atoms with E-state index in [1.54, 1.807) is 7.11 Å². The number of β-amino-alcohol motifs (C(OH)–C–C–N with tert-alkyl or cyclic N) is 1. The maximum absolute atomic E-state index is 9.98. The molecule has 1 aromatic heterocycles. The molecule has 0 unspecified atom stereocenters. The van der Waals surface area contributed by atoms with Crippen LogP contribution in [0.25, 0.3) is 5.69 Å². The zero-order valence-corrected chi connectivity index (χ0v) is 15.5. The van der Waals surface area contributed by atoms with Gasteiger partial charge in [-0.1, -0.05) is 12.8 Å². The number of aromatic nitrogens is 3. The zero-order valence-electron chi connectivity index (χ0n) is 15.5. The van der Waals surface area contributed by atoms with Gasteiger partial charge < -0.3 is 9.84 Å². The molecule has 6 nitrogen and oxygen atoms in total. The third kappa shape index (κ3) is 3.76. The highest BCUT2D eigenvalue weighted by atomic mass is 16.5. The molecule has 1 saturated carbocycles. The van der Waals surface area contributed by atoms with Crippen molar-refractivity contribution in [1.29, 1.82) is 0 Å². The van der Waals surface area contributed by atoms with E-state index >= 15 is 0 Å². The third-order valence-electron chi connectivity index (χ3n) is 5.57. The van der Waals surface area contributed by atoms with Crippen LogP contribution in [0.1, 0.15) is 56.1 Å². The van der Waals surface area contributed by atoms with Gasteiger partial charge in [-0.15, -0.1) is 0 Å². The molecule has 0 spiro atoms. The first-order valence-electron chi connectivity index (χ1n) is 9.73. The Morgan fingerprint density at radius 2 is 1.88 bits per heavy atom. The Hall–Kier alpha value is -1.92. The predicted molar refractivity (Wildman–Crippen MR) is 99.6 cm³/mol. The van der Waals surface area contributed by atoms with Gasteiger partial charge in [-0.25, -0.2) is 9.67 Å². The normalized spacial score (nSPS) is 22.0. The lowest BCUT2D eigenvalue weighted by Gasteiger charge is -2.29. The monoisotopic (exact) mass is 356 g/mol. The summed E-state index contributed by atoms with van der Waals surface area (Å²) in [7, 11) is 1.68. The second kappa shape index (κ2) is 7.76. The molecular formula is C20H28N4O2. The first-order chi connectivity index (χ1) is 12.7. The average Bonchev–Trinajstić information content (AvgIpc) is 3.32. The minimum Gasteiger partial charge on any atom is -0.497 e. The van der Waals surface area contributed by atoms with Crippen molar-refractivity contribution >= 4 is 0 Å². The second-order valence-electron chi connectivity index (χ2n) is 7.51. The van der Waals surface area contributed by atoms with Crippen LogP contribution in [-0.2, 0) is 6.54 Å². The van der Waals surface area contributed by atoms with Gasteiger partial charge in [-0.2, -0.15) is 5.10 Å². The van der Waals surface area contributed by atoms with Crippen LogP contribution in [0.2, 0.25) is 0 Å². The molecule has 0 amide bonds. The molecular weight excluding hydrogens is 328 g/mol. The second-order valence-corrected chi connectivity index (χ2v) is 7.51. The Morgan fingerprint density at radius 3 is 2.58 bits per heavy atom. The Kier molecular flexibility index (Phi) is 5.22. The molecule has 2 aromatic rings. The average molecular weight is 356 g/mol. The van der Waals surface area contributed by atoms with Crippen LogP contribution in [0.3, 0.4) is 0 Å². The van der Waals surface area contributed by atoms with Gasteiger partial charge in [0, 0.05) is 12.5 Å². The molecule has 2 aliphatic rings. The van der Waals surface area contributed by atoms with Crippen LogP contribution in [-0.4, -0.2) is 51.1 Å². The van der Waals surface area contributed by atoms with Crippen LogP contribution in [0.4, 0.5) is 0 Å². The van der Waals surface area contributed by atoms with Crippen molar-refractivity contribution in [1.82, 2.24) is 19.7 Å². The minimum absolute atomic E-state index is 0.226. The summed E-state index contributed by atoms with van der Waals surface area (Å²) >= 11 is 0. The van der Waals surface area contributed by atoms with E-state index < -0.39 is 0 Å². The van der Waals surface area contributed by atoms with E-state index in [1.807, 2.05) is 28.9 Å². The van der Waals surface area contributed by atoms with Crippen LogP contribution in [0.15, 0.2) is 24.3 Å². The lowest BCUT2D eigenvalue weighted by molar-refractivity contribution is 0.0651. The van der Waals surface area contributed by atoms with Gasteiger partial charge in [0.15, 0.2) is 5.82 Å². The number of ether oxygens (including phenoxy) is 1. The van der Waals surface area contributed by atoms with Crippen LogP contribution in [0, 0.1) is 0 Å². The topological polar surface area (TPSA) is 63.4 Å². The number of aliphatic hydroxyl groups excluding tert-OH is 1. The Balaban J connectivity index is 1.63. The zero-order chi connectivity index (χ0) is 17.9. The summed E-state index contributed by atoms with van der Waals surface area (Å²) in [6, 6.07) is 7.97. The standard InChI is InChI=1S/C20H28N4O2/c1-26-18-10-8-16(9-11-18)24-19(14-23-12-4-7-17(25)13-23)21-20(22-24)15-5-2-3-6-15/h8-11,15,17,25H,2-7,12-14H2,1H3/t17-/m1/s1. The fraction of sp³-hybridized carbons (Fsp3) is 0.600. The van der Waals surface area contributed by atoms with Crippen molar-refractivity contribution in [2.45, 2.75) is 57.1 Å². The summed E-state index contributed by atoms with van der Waals surface area (Å²) in [6.07, 6.45) is 6.63. The minimum atomic E-state index is -0.226. The molecule has 0 bridgehead atoms. The molecule has 1 aliphatic heterocycles. The van der Waals surface area contributed by atoms with Gasteiger partial charge in [-0.05, 0) is 56.5 Å². The molecule has 6 heteroatoms. The summed E-state index contributed by atoms with van der Waals surface area (Å²) in [5, 5.41) is 14.9. The Morgan fingerprint density at radius 1 is 1.12 bits per heavy atom. The number of nitrogens with zero attached hydrogens (tertiary/aromatic N) is 4. The van der Waals surface area contributed by atoms with Crippen molar-refractivity contribution in [2.75, 3.05) is 20.2 Å². The number of piperidine rings is 1. The molecule has 2 heterocycles. The number of hydrogen-bond donors (Lipinski definition) is 1. The summed E-state index contributed by atoms with van der Waals surface area (Å²) in [5.74, 6) is 3.27. The number of benzene rings is 1. The number of hydrogen-bond acceptors (Lipinski definition) is 5. The van der Waals surface area contributed by atoms with Crippen molar-refractivity contribution in [2.24, 2.45) is 0 Å². The number of rotatable bonds is 5. The third-order valence-corrected chi connectivity index (χ3v) is 5.57. The van der Waals surface area contributed by atoms with E-state index in [1.165, 1.54) is 25.7 Å². The van der Waals surface area contributed by atoms with E-state index in [4.69, 9.17) is 14.8 Å². The molecule has 0 radical (unpaired) electrons. The molecule has 2 fully saturated rings. The molecule has 1 aromatic carbocycles. The first-order valence-corrected chi connectivity index (χ1v) is 9.73.